The maximum atomic E-state index is 11.9. The minimum Gasteiger partial charge on any atom is -0.464 e. The number of hydrogen-bond acceptors (Lipinski definition) is 4. The summed E-state index contributed by atoms with van der Waals surface area (Å²) in [5, 5.41) is 0. The van der Waals surface area contributed by atoms with Crippen molar-refractivity contribution in [3.8, 4) is 0 Å². The molecule has 4 nitrogen and oxygen atoms in total. The summed E-state index contributed by atoms with van der Waals surface area (Å²) in [5.74, 6) is -0.0104. The van der Waals surface area contributed by atoms with Gasteiger partial charge in [-0.3, -0.25) is 9.69 Å². The van der Waals surface area contributed by atoms with Gasteiger partial charge in [0.25, 0.3) is 0 Å². The molecule has 3 rings (SSSR count). The molecule has 3 atom stereocenters. The second-order valence-electron chi connectivity index (χ2n) is 5.43. The number of nitrogens with zero attached hydrogens (tertiary/aromatic N) is 1. The predicted octanol–water partition coefficient (Wildman–Crippen LogP) is 1.19. The lowest BCUT2D eigenvalue weighted by molar-refractivity contribution is -0.150. The van der Waals surface area contributed by atoms with Gasteiger partial charge in [0.2, 0.25) is 0 Å². The highest BCUT2D eigenvalue weighted by Gasteiger charge is 2.45. The van der Waals surface area contributed by atoms with Gasteiger partial charge in [0.1, 0.15) is 6.61 Å². The topological polar surface area (TPSA) is 38.8 Å². The molecule has 3 aliphatic rings. The van der Waals surface area contributed by atoms with Gasteiger partial charge in [-0.2, -0.15) is 0 Å². The normalized spacial score (nSPS) is 36.6. The van der Waals surface area contributed by atoms with E-state index in [0.29, 0.717) is 12.7 Å². The summed E-state index contributed by atoms with van der Waals surface area (Å²) < 4.78 is 11.1. The van der Waals surface area contributed by atoms with Gasteiger partial charge in [0.15, 0.2) is 0 Å². The molecule has 3 unspecified atom stereocenters. The van der Waals surface area contributed by atoms with E-state index in [1.165, 1.54) is 12.8 Å². The summed E-state index contributed by atoms with van der Waals surface area (Å²) in [4.78, 5) is 14.3. The molecule has 4 heteroatoms. The van der Waals surface area contributed by atoms with Crippen molar-refractivity contribution in [1.29, 1.82) is 0 Å². The molecule has 3 fully saturated rings. The minimum absolute atomic E-state index is 0.0207. The summed E-state index contributed by atoms with van der Waals surface area (Å²) >= 11 is 0. The van der Waals surface area contributed by atoms with Crippen molar-refractivity contribution in [2.75, 3.05) is 26.2 Å². The second-order valence-corrected chi connectivity index (χ2v) is 5.43. The lowest BCUT2D eigenvalue weighted by Crippen LogP contribution is -2.30. The van der Waals surface area contributed by atoms with Crippen LogP contribution in [0.25, 0.3) is 0 Å². The number of fused-ring (bicyclic) bond motifs is 2. The van der Waals surface area contributed by atoms with Crippen LogP contribution in [0.5, 0.6) is 0 Å². The predicted molar refractivity (Wildman–Crippen MR) is 62.6 cm³/mol. The molecular formula is C13H21NO3. The molecule has 0 spiro atoms. The minimum atomic E-state index is -0.0311. The van der Waals surface area contributed by atoms with Crippen molar-refractivity contribution in [3.05, 3.63) is 0 Å². The monoisotopic (exact) mass is 239 g/mol. The molecule has 96 valence electrons. The van der Waals surface area contributed by atoms with Crippen LogP contribution < -0.4 is 0 Å². The molecule has 0 aliphatic carbocycles. The molecular weight excluding hydrogens is 218 g/mol. The van der Waals surface area contributed by atoms with Gasteiger partial charge in [-0.25, -0.2) is 0 Å². The van der Waals surface area contributed by atoms with Crippen LogP contribution in [0.15, 0.2) is 0 Å². The average molecular weight is 239 g/mol. The molecule has 0 saturated carbocycles. The van der Waals surface area contributed by atoms with Crippen LogP contribution in [0, 0.1) is 5.92 Å². The van der Waals surface area contributed by atoms with Gasteiger partial charge in [-0.15, -0.1) is 0 Å². The van der Waals surface area contributed by atoms with Crippen molar-refractivity contribution in [2.45, 2.75) is 44.3 Å². The summed E-state index contributed by atoms with van der Waals surface area (Å²) in [7, 11) is 0. The quantitative estimate of drug-likeness (QED) is 0.691. The lowest BCUT2D eigenvalue weighted by atomic mass is 9.89. The third kappa shape index (κ3) is 2.47. The van der Waals surface area contributed by atoms with E-state index in [9.17, 15) is 4.79 Å². The lowest BCUT2D eigenvalue weighted by Gasteiger charge is -2.19. The number of carbonyl (C=O) groups is 1. The highest BCUT2D eigenvalue weighted by Crippen LogP contribution is 2.39. The zero-order chi connectivity index (χ0) is 11.7. The van der Waals surface area contributed by atoms with Gasteiger partial charge in [0, 0.05) is 6.54 Å². The molecule has 0 N–H and O–H groups in total. The Balaban J connectivity index is 1.38. The Morgan fingerprint density at radius 2 is 2.12 bits per heavy atom. The SMILES string of the molecule is O=C(OCCN1CCCC1)C1CC2CCC1O2. The smallest absolute Gasteiger partial charge is 0.311 e. The Kier molecular flexibility index (Phi) is 3.34. The Morgan fingerprint density at radius 1 is 1.29 bits per heavy atom. The first kappa shape index (κ1) is 11.5. The van der Waals surface area contributed by atoms with E-state index in [-0.39, 0.29) is 18.0 Å². The standard InChI is InChI=1S/C13H21NO3/c15-13(11-9-10-3-4-12(11)17-10)16-8-7-14-5-1-2-6-14/h10-12H,1-9H2. The van der Waals surface area contributed by atoms with Gasteiger partial charge in [-0.05, 0) is 45.2 Å². The zero-order valence-electron chi connectivity index (χ0n) is 10.3. The van der Waals surface area contributed by atoms with Crippen molar-refractivity contribution in [2.24, 2.45) is 5.92 Å². The average Bonchev–Trinajstić information content (AvgIpc) is 3.05. The summed E-state index contributed by atoms with van der Waals surface area (Å²) in [6, 6.07) is 0. The summed E-state index contributed by atoms with van der Waals surface area (Å²) in [5.41, 5.74) is 0. The second kappa shape index (κ2) is 4.94. The van der Waals surface area contributed by atoms with Crippen LogP contribution in [0.3, 0.4) is 0 Å². The van der Waals surface area contributed by atoms with Gasteiger partial charge < -0.3 is 9.47 Å². The Morgan fingerprint density at radius 3 is 2.76 bits per heavy atom. The van der Waals surface area contributed by atoms with Crippen LogP contribution in [0.2, 0.25) is 0 Å². The fourth-order valence-electron chi connectivity index (χ4n) is 3.27. The largest absolute Gasteiger partial charge is 0.464 e. The van der Waals surface area contributed by atoms with Gasteiger partial charge in [-0.1, -0.05) is 0 Å². The Labute approximate surface area is 102 Å². The van der Waals surface area contributed by atoms with E-state index in [1.807, 2.05) is 0 Å². The molecule has 0 aromatic carbocycles. The van der Waals surface area contributed by atoms with Crippen molar-refractivity contribution < 1.29 is 14.3 Å². The van der Waals surface area contributed by atoms with Crippen molar-refractivity contribution in [1.82, 2.24) is 4.90 Å². The van der Waals surface area contributed by atoms with Crippen LogP contribution >= 0.6 is 0 Å². The van der Waals surface area contributed by atoms with Crippen LogP contribution in [0.4, 0.5) is 0 Å². The van der Waals surface area contributed by atoms with Gasteiger partial charge in [0.05, 0.1) is 18.1 Å². The highest BCUT2D eigenvalue weighted by molar-refractivity contribution is 5.73. The van der Waals surface area contributed by atoms with Gasteiger partial charge >= 0.3 is 5.97 Å². The summed E-state index contributed by atoms with van der Waals surface area (Å²) in [6.07, 6.45) is 6.10. The van der Waals surface area contributed by atoms with Crippen LogP contribution in [-0.4, -0.2) is 49.3 Å². The first-order chi connectivity index (χ1) is 8.33. The molecule has 2 bridgehead atoms. The first-order valence-electron chi connectivity index (χ1n) is 6.87. The van der Waals surface area contributed by atoms with Crippen LogP contribution in [0.1, 0.15) is 32.1 Å². The maximum Gasteiger partial charge on any atom is 0.311 e. The molecule has 17 heavy (non-hydrogen) atoms. The molecule has 3 saturated heterocycles. The fraction of sp³-hybridized carbons (Fsp3) is 0.923. The molecule has 0 radical (unpaired) electrons. The zero-order valence-corrected chi connectivity index (χ0v) is 10.3. The first-order valence-corrected chi connectivity index (χ1v) is 6.87. The fourth-order valence-corrected chi connectivity index (χ4v) is 3.27. The summed E-state index contributed by atoms with van der Waals surface area (Å²) in [6.45, 7) is 3.77. The molecule has 3 aliphatic heterocycles. The highest BCUT2D eigenvalue weighted by atomic mass is 16.5. The maximum absolute atomic E-state index is 11.9. The molecule has 0 amide bonds. The number of hydrogen-bond donors (Lipinski definition) is 0. The van der Waals surface area contributed by atoms with Crippen molar-refractivity contribution in [3.63, 3.8) is 0 Å². The van der Waals surface area contributed by atoms with Crippen molar-refractivity contribution >= 4 is 5.97 Å². The van der Waals surface area contributed by atoms with E-state index >= 15 is 0 Å². The number of rotatable bonds is 4. The molecule has 0 aromatic heterocycles. The van der Waals surface area contributed by atoms with E-state index in [0.717, 1.165) is 38.9 Å². The van der Waals surface area contributed by atoms with E-state index in [1.54, 1.807) is 0 Å². The molecule has 0 aromatic rings. The van der Waals surface area contributed by atoms with E-state index in [4.69, 9.17) is 9.47 Å². The molecule has 3 heterocycles. The van der Waals surface area contributed by atoms with E-state index in [2.05, 4.69) is 4.90 Å². The number of likely N-dealkylation sites (tertiary alicyclic amines) is 1. The number of ether oxygens (including phenoxy) is 2. The third-order valence-corrected chi connectivity index (χ3v) is 4.26. The Hall–Kier alpha value is -0.610. The van der Waals surface area contributed by atoms with Crippen LogP contribution in [-0.2, 0) is 14.3 Å². The van der Waals surface area contributed by atoms with E-state index < -0.39 is 0 Å². The number of carbonyl (C=O) groups excluding carboxylic acids is 1. The Bertz CT molecular complexity index is 288. The third-order valence-electron chi connectivity index (χ3n) is 4.26. The number of esters is 1.